The van der Waals surface area contributed by atoms with Crippen LogP contribution in [-0.2, 0) is 0 Å². The van der Waals surface area contributed by atoms with Crippen LogP contribution in [0.3, 0.4) is 0 Å². The molecule has 16 heavy (non-hydrogen) atoms. The Morgan fingerprint density at radius 2 is 2.00 bits per heavy atom. The molecule has 0 bridgehead atoms. The van der Waals surface area contributed by atoms with E-state index < -0.39 is 0 Å². The van der Waals surface area contributed by atoms with Gasteiger partial charge in [0.1, 0.15) is 0 Å². The van der Waals surface area contributed by atoms with Gasteiger partial charge in [-0.05, 0) is 49.4 Å². The van der Waals surface area contributed by atoms with E-state index in [0.717, 1.165) is 25.7 Å². The van der Waals surface area contributed by atoms with E-state index in [1.807, 2.05) is 0 Å². The monoisotopic (exact) mass is 261 g/mol. The van der Waals surface area contributed by atoms with E-state index in [9.17, 15) is 4.79 Å². The molecule has 0 saturated heterocycles. The molecular formula is C11H13Cl2NO2. The Balaban J connectivity index is 1.88. The third kappa shape index (κ3) is 2.92. The fraction of sp³-hybridized carbons (Fsp3) is 0.545. The van der Waals surface area contributed by atoms with Crippen LogP contribution in [0.2, 0.25) is 5.22 Å². The van der Waals surface area contributed by atoms with Crippen LogP contribution in [0.4, 0.5) is 0 Å². The van der Waals surface area contributed by atoms with Gasteiger partial charge in [0.2, 0.25) is 0 Å². The van der Waals surface area contributed by atoms with Gasteiger partial charge in [-0.2, -0.15) is 0 Å². The van der Waals surface area contributed by atoms with Gasteiger partial charge in [-0.25, -0.2) is 0 Å². The van der Waals surface area contributed by atoms with Crippen molar-refractivity contribution in [3.05, 3.63) is 23.1 Å². The second-order valence-corrected chi connectivity index (χ2v) is 5.02. The number of amides is 1. The molecule has 88 valence electrons. The number of hydrogen-bond acceptors (Lipinski definition) is 2. The van der Waals surface area contributed by atoms with E-state index in [2.05, 4.69) is 5.32 Å². The molecule has 0 radical (unpaired) electrons. The van der Waals surface area contributed by atoms with E-state index >= 15 is 0 Å². The lowest BCUT2D eigenvalue weighted by atomic mass is 9.95. The summed E-state index contributed by atoms with van der Waals surface area (Å²) in [6.45, 7) is 0. The Bertz CT molecular complexity index is 370. The summed E-state index contributed by atoms with van der Waals surface area (Å²) in [6, 6.07) is 3.34. The van der Waals surface area contributed by atoms with Crippen molar-refractivity contribution in [1.82, 2.24) is 5.32 Å². The van der Waals surface area contributed by atoms with Crippen LogP contribution in [0.25, 0.3) is 0 Å². The van der Waals surface area contributed by atoms with E-state index in [-0.39, 0.29) is 28.3 Å². The fourth-order valence-electron chi connectivity index (χ4n) is 1.89. The summed E-state index contributed by atoms with van der Waals surface area (Å²) < 4.78 is 5.04. The third-order valence-corrected chi connectivity index (χ3v) is 3.43. The summed E-state index contributed by atoms with van der Waals surface area (Å²) in [7, 11) is 0. The fourth-order valence-corrected chi connectivity index (χ4v) is 2.29. The van der Waals surface area contributed by atoms with Gasteiger partial charge in [-0.15, -0.1) is 11.6 Å². The number of carbonyl (C=O) groups is 1. The van der Waals surface area contributed by atoms with Crippen LogP contribution in [0.15, 0.2) is 16.5 Å². The SMILES string of the molecule is O=C(NC1CCC(Cl)CC1)c1ccc(Cl)o1. The van der Waals surface area contributed by atoms with Gasteiger partial charge in [0.15, 0.2) is 11.0 Å². The van der Waals surface area contributed by atoms with Gasteiger partial charge < -0.3 is 9.73 Å². The second kappa shape index (κ2) is 5.11. The zero-order chi connectivity index (χ0) is 11.5. The van der Waals surface area contributed by atoms with Crippen molar-refractivity contribution in [2.24, 2.45) is 0 Å². The molecule has 1 saturated carbocycles. The molecule has 2 rings (SSSR count). The molecule has 1 aromatic heterocycles. The van der Waals surface area contributed by atoms with Gasteiger partial charge in [0.05, 0.1) is 0 Å². The maximum absolute atomic E-state index is 11.7. The normalized spacial score (nSPS) is 25.4. The van der Waals surface area contributed by atoms with Crippen molar-refractivity contribution in [3.63, 3.8) is 0 Å². The van der Waals surface area contributed by atoms with Crippen molar-refractivity contribution in [2.75, 3.05) is 0 Å². The maximum Gasteiger partial charge on any atom is 0.287 e. The number of nitrogens with one attached hydrogen (secondary N) is 1. The average Bonchev–Trinajstić information content (AvgIpc) is 2.68. The predicted octanol–water partition coefficient (Wildman–Crippen LogP) is 3.21. The van der Waals surface area contributed by atoms with E-state index in [1.165, 1.54) is 0 Å². The van der Waals surface area contributed by atoms with Gasteiger partial charge in [0.25, 0.3) is 5.91 Å². The van der Waals surface area contributed by atoms with Crippen molar-refractivity contribution < 1.29 is 9.21 Å². The minimum atomic E-state index is -0.204. The molecule has 3 nitrogen and oxygen atoms in total. The van der Waals surface area contributed by atoms with E-state index in [0.29, 0.717) is 0 Å². The van der Waals surface area contributed by atoms with Crippen LogP contribution in [0.1, 0.15) is 36.2 Å². The van der Waals surface area contributed by atoms with E-state index in [1.54, 1.807) is 12.1 Å². The largest absolute Gasteiger partial charge is 0.440 e. The van der Waals surface area contributed by atoms with Gasteiger partial charge >= 0.3 is 0 Å². The predicted molar refractivity (Wildman–Crippen MR) is 63.1 cm³/mol. The molecule has 1 heterocycles. The van der Waals surface area contributed by atoms with Gasteiger partial charge in [0, 0.05) is 11.4 Å². The minimum absolute atomic E-state index is 0.200. The zero-order valence-corrected chi connectivity index (χ0v) is 10.2. The Morgan fingerprint density at radius 1 is 1.31 bits per heavy atom. The van der Waals surface area contributed by atoms with Crippen LogP contribution < -0.4 is 5.32 Å². The minimum Gasteiger partial charge on any atom is -0.440 e. The molecule has 1 fully saturated rings. The first kappa shape index (κ1) is 11.8. The highest BCUT2D eigenvalue weighted by molar-refractivity contribution is 6.29. The summed E-state index contributed by atoms with van der Waals surface area (Å²) in [5.41, 5.74) is 0. The maximum atomic E-state index is 11.7. The first-order valence-electron chi connectivity index (χ1n) is 5.35. The molecular weight excluding hydrogens is 249 g/mol. The molecule has 0 spiro atoms. The molecule has 1 aliphatic rings. The smallest absolute Gasteiger partial charge is 0.287 e. The summed E-state index contributed by atoms with van der Waals surface area (Å²) >= 11 is 11.6. The van der Waals surface area contributed by atoms with Crippen molar-refractivity contribution in [2.45, 2.75) is 37.1 Å². The number of halogens is 2. The Hall–Kier alpha value is -0.670. The van der Waals surface area contributed by atoms with E-state index in [4.69, 9.17) is 27.6 Å². The molecule has 0 unspecified atom stereocenters. The molecule has 0 aliphatic heterocycles. The quantitative estimate of drug-likeness (QED) is 0.831. The molecule has 5 heteroatoms. The number of alkyl halides is 1. The van der Waals surface area contributed by atoms with Crippen LogP contribution >= 0.6 is 23.2 Å². The highest BCUT2D eigenvalue weighted by Gasteiger charge is 2.22. The Kier molecular flexibility index (Phi) is 3.77. The van der Waals surface area contributed by atoms with Crippen molar-refractivity contribution in [1.29, 1.82) is 0 Å². The number of carbonyl (C=O) groups excluding carboxylic acids is 1. The summed E-state index contributed by atoms with van der Waals surface area (Å²) in [6.07, 6.45) is 3.75. The standard InChI is InChI=1S/C11H13Cl2NO2/c12-7-1-3-8(4-2-7)14-11(15)9-5-6-10(13)16-9/h5-8H,1-4H2,(H,14,15). The zero-order valence-electron chi connectivity index (χ0n) is 8.71. The second-order valence-electron chi connectivity index (χ2n) is 4.03. The molecule has 1 aromatic rings. The first-order chi connectivity index (χ1) is 7.65. The lowest BCUT2D eigenvalue weighted by Crippen LogP contribution is -2.37. The van der Waals surface area contributed by atoms with Crippen LogP contribution in [0.5, 0.6) is 0 Å². The first-order valence-corrected chi connectivity index (χ1v) is 6.17. The number of furan rings is 1. The Morgan fingerprint density at radius 3 is 2.56 bits per heavy atom. The van der Waals surface area contributed by atoms with Gasteiger partial charge in [-0.3, -0.25) is 4.79 Å². The summed E-state index contributed by atoms with van der Waals surface area (Å²) in [5, 5.41) is 3.41. The Labute approximate surface area is 104 Å². The molecule has 0 atom stereocenters. The topological polar surface area (TPSA) is 42.2 Å². The molecule has 1 N–H and O–H groups in total. The third-order valence-electron chi connectivity index (χ3n) is 2.79. The lowest BCUT2D eigenvalue weighted by Gasteiger charge is -2.25. The van der Waals surface area contributed by atoms with Gasteiger partial charge in [-0.1, -0.05) is 0 Å². The number of hydrogen-bond donors (Lipinski definition) is 1. The number of rotatable bonds is 2. The van der Waals surface area contributed by atoms with Crippen LogP contribution in [-0.4, -0.2) is 17.3 Å². The molecule has 1 amide bonds. The lowest BCUT2D eigenvalue weighted by molar-refractivity contribution is 0.0900. The highest BCUT2D eigenvalue weighted by atomic mass is 35.5. The van der Waals surface area contributed by atoms with Crippen molar-refractivity contribution >= 4 is 29.1 Å². The van der Waals surface area contributed by atoms with Crippen molar-refractivity contribution in [3.8, 4) is 0 Å². The van der Waals surface area contributed by atoms with Crippen LogP contribution in [0, 0.1) is 0 Å². The summed E-state index contributed by atoms with van der Waals surface area (Å²) in [4.78, 5) is 11.7. The average molecular weight is 262 g/mol. The molecule has 1 aliphatic carbocycles. The highest BCUT2D eigenvalue weighted by Crippen LogP contribution is 2.23. The molecule has 0 aromatic carbocycles. The summed E-state index contributed by atoms with van der Waals surface area (Å²) in [5.74, 6) is 0.0583.